The highest BCUT2D eigenvalue weighted by Gasteiger charge is 2.07. The van der Waals surface area contributed by atoms with Crippen molar-refractivity contribution < 1.29 is 9.53 Å². The summed E-state index contributed by atoms with van der Waals surface area (Å²) in [7, 11) is 0. The Morgan fingerprint density at radius 3 is 2.75 bits per heavy atom. The number of halogens is 2. The molecule has 1 aromatic carbocycles. The van der Waals surface area contributed by atoms with Crippen LogP contribution in [-0.4, -0.2) is 17.5 Å². The molecule has 0 aliphatic carbocycles. The molecule has 0 saturated carbocycles. The maximum Gasteiger partial charge on any atom is 0.263 e. The highest BCUT2D eigenvalue weighted by Crippen LogP contribution is 2.17. The summed E-state index contributed by atoms with van der Waals surface area (Å²) in [4.78, 5) is 15.9. The number of carbonyl (C=O) groups is 1. The predicted octanol–water partition coefficient (Wildman–Crippen LogP) is 3.82. The van der Waals surface area contributed by atoms with Gasteiger partial charge in [-0.05, 0) is 58.7 Å². The van der Waals surface area contributed by atoms with Crippen LogP contribution >= 0.6 is 27.5 Å². The zero-order chi connectivity index (χ0) is 14.5. The van der Waals surface area contributed by atoms with E-state index in [9.17, 15) is 4.79 Å². The molecule has 0 radical (unpaired) electrons. The Morgan fingerprint density at radius 1 is 1.40 bits per heavy atom. The molecule has 0 saturated heterocycles. The second kappa shape index (κ2) is 6.72. The Balaban J connectivity index is 1.90. The van der Waals surface area contributed by atoms with Crippen molar-refractivity contribution in [2.75, 3.05) is 11.9 Å². The van der Waals surface area contributed by atoms with Crippen molar-refractivity contribution in [3.63, 3.8) is 0 Å². The summed E-state index contributed by atoms with van der Waals surface area (Å²) in [6.45, 7) is 1.78. The summed E-state index contributed by atoms with van der Waals surface area (Å²) < 4.78 is 6.22. The highest BCUT2D eigenvalue weighted by atomic mass is 79.9. The summed E-state index contributed by atoms with van der Waals surface area (Å²) in [5.41, 5.74) is 0.874. The van der Waals surface area contributed by atoms with E-state index in [1.165, 1.54) is 0 Å². The molecule has 20 heavy (non-hydrogen) atoms. The van der Waals surface area contributed by atoms with Gasteiger partial charge in [0.05, 0.1) is 0 Å². The van der Waals surface area contributed by atoms with Crippen LogP contribution in [0, 0.1) is 6.92 Å². The van der Waals surface area contributed by atoms with Crippen LogP contribution in [0.15, 0.2) is 41.0 Å². The number of hydrogen-bond donors (Lipinski definition) is 1. The zero-order valence-electron chi connectivity index (χ0n) is 10.7. The second-order valence-electron chi connectivity index (χ2n) is 4.11. The van der Waals surface area contributed by atoms with E-state index in [1.54, 1.807) is 30.5 Å². The first-order valence-corrected chi connectivity index (χ1v) is 7.02. The molecule has 0 fully saturated rings. The molecule has 0 bridgehead atoms. The van der Waals surface area contributed by atoms with Crippen molar-refractivity contribution in [2.45, 2.75) is 6.92 Å². The number of ether oxygens (including phenoxy) is 1. The van der Waals surface area contributed by atoms with Crippen molar-refractivity contribution in [1.82, 2.24) is 4.98 Å². The van der Waals surface area contributed by atoms with Gasteiger partial charge in [-0.1, -0.05) is 11.6 Å². The second-order valence-corrected chi connectivity index (χ2v) is 5.46. The molecule has 1 heterocycles. The minimum atomic E-state index is -0.266. The van der Waals surface area contributed by atoms with E-state index in [0.717, 1.165) is 10.0 Å². The van der Waals surface area contributed by atoms with E-state index in [2.05, 4.69) is 26.2 Å². The molecule has 104 valence electrons. The molecule has 2 aromatic rings. The largest absolute Gasteiger partial charge is 0.484 e. The lowest BCUT2D eigenvalue weighted by Gasteiger charge is -2.09. The number of anilines is 1. The molecule has 0 aliphatic heterocycles. The molecule has 6 heteroatoms. The van der Waals surface area contributed by atoms with Crippen LogP contribution in [-0.2, 0) is 4.79 Å². The quantitative estimate of drug-likeness (QED) is 0.907. The smallest absolute Gasteiger partial charge is 0.263 e. The van der Waals surface area contributed by atoms with Gasteiger partial charge in [0.25, 0.3) is 5.91 Å². The van der Waals surface area contributed by atoms with Crippen LogP contribution in [0.5, 0.6) is 5.75 Å². The Labute approximate surface area is 130 Å². The molecule has 4 nitrogen and oxygen atoms in total. The van der Waals surface area contributed by atoms with Crippen molar-refractivity contribution in [2.24, 2.45) is 0 Å². The van der Waals surface area contributed by atoms with Gasteiger partial charge >= 0.3 is 0 Å². The molecular formula is C14H12BrClN2O2. The number of carbonyl (C=O) groups excluding carboxylic acids is 1. The Hall–Kier alpha value is -1.59. The molecule has 1 aromatic heterocycles. The van der Waals surface area contributed by atoms with Crippen molar-refractivity contribution in [3.8, 4) is 5.75 Å². The number of benzene rings is 1. The topological polar surface area (TPSA) is 51.2 Å². The average Bonchev–Trinajstić information content (AvgIpc) is 2.41. The molecular weight excluding hydrogens is 344 g/mol. The van der Waals surface area contributed by atoms with Crippen LogP contribution in [0.25, 0.3) is 0 Å². The number of amides is 1. The first-order chi connectivity index (χ1) is 9.54. The fraction of sp³-hybridized carbons (Fsp3) is 0.143. The lowest BCUT2D eigenvalue weighted by Crippen LogP contribution is -2.21. The van der Waals surface area contributed by atoms with E-state index < -0.39 is 0 Å². The predicted molar refractivity (Wildman–Crippen MR) is 82.3 cm³/mol. The van der Waals surface area contributed by atoms with Gasteiger partial charge in [0.1, 0.15) is 11.6 Å². The average molecular weight is 356 g/mol. The van der Waals surface area contributed by atoms with E-state index in [0.29, 0.717) is 16.6 Å². The van der Waals surface area contributed by atoms with Gasteiger partial charge in [0, 0.05) is 15.7 Å². The summed E-state index contributed by atoms with van der Waals surface area (Å²) >= 11 is 9.08. The lowest BCUT2D eigenvalue weighted by molar-refractivity contribution is -0.118. The molecule has 0 atom stereocenters. The Kier molecular flexibility index (Phi) is 4.98. The number of nitrogens with zero attached hydrogens (tertiary/aromatic N) is 1. The first-order valence-electron chi connectivity index (χ1n) is 5.85. The van der Waals surface area contributed by atoms with Crippen molar-refractivity contribution in [3.05, 3.63) is 51.6 Å². The summed E-state index contributed by atoms with van der Waals surface area (Å²) in [5.74, 6) is 0.848. The van der Waals surface area contributed by atoms with Crippen LogP contribution < -0.4 is 10.1 Å². The van der Waals surface area contributed by atoms with E-state index in [4.69, 9.17) is 16.3 Å². The van der Waals surface area contributed by atoms with Gasteiger partial charge in [-0.25, -0.2) is 4.98 Å². The number of rotatable bonds is 4. The summed E-state index contributed by atoms with van der Waals surface area (Å²) in [5, 5.41) is 3.32. The Morgan fingerprint density at radius 2 is 2.10 bits per heavy atom. The fourth-order valence-corrected chi connectivity index (χ4v) is 2.09. The van der Waals surface area contributed by atoms with Crippen molar-refractivity contribution in [1.29, 1.82) is 0 Å². The van der Waals surface area contributed by atoms with Gasteiger partial charge in [-0.3, -0.25) is 4.79 Å². The zero-order valence-corrected chi connectivity index (χ0v) is 13.0. The van der Waals surface area contributed by atoms with Crippen LogP contribution in [0.3, 0.4) is 0 Å². The number of aryl methyl sites for hydroxylation is 1. The van der Waals surface area contributed by atoms with Gasteiger partial charge in [-0.15, -0.1) is 0 Å². The molecule has 0 spiro atoms. The SMILES string of the molecule is Cc1cc(Br)cnc1NC(=O)COc1ccc(Cl)cc1. The fourth-order valence-electron chi connectivity index (χ4n) is 1.52. The monoisotopic (exact) mass is 354 g/mol. The normalized spacial score (nSPS) is 10.2. The number of hydrogen-bond acceptors (Lipinski definition) is 3. The number of pyridine rings is 1. The first kappa shape index (κ1) is 14.8. The third kappa shape index (κ3) is 4.21. The van der Waals surface area contributed by atoms with Gasteiger partial charge in [-0.2, -0.15) is 0 Å². The molecule has 0 aliphatic rings. The minimum Gasteiger partial charge on any atom is -0.484 e. The molecule has 1 amide bonds. The van der Waals surface area contributed by atoms with E-state index >= 15 is 0 Å². The summed E-state index contributed by atoms with van der Waals surface area (Å²) in [6, 6.07) is 8.70. The number of nitrogens with one attached hydrogen (secondary N) is 1. The van der Waals surface area contributed by atoms with E-state index in [1.807, 2.05) is 13.0 Å². The maximum absolute atomic E-state index is 11.8. The lowest BCUT2D eigenvalue weighted by atomic mass is 10.3. The summed E-state index contributed by atoms with van der Waals surface area (Å²) in [6.07, 6.45) is 1.63. The van der Waals surface area contributed by atoms with Crippen LogP contribution in [0.4, 0.5) is 5.82 Å². The third-order valence-electron chi connectivity index (χ3n) is 2.49. The van der Waals surface area contributed by atoms with Crippen LogP contribution in [0.1, 0.15) is 5.56 Å². The minimum absolute atomic E-state index is 0.0845. The van der Waals surface area contributed by atoms with Gasteiger partial charge in [0.2, 0.25) is 0 Å². The van der Waals surface area contributed by atoms with Crippen LogP contribution in [0.2, 0.25) is 5.02 Å². The molecule has 0 unspecified atom stereocenters. The van der Waals surface area contributed by atoms with Gasteiger partial charge in [0.15, 0.2) is 6.61 Å². The van der Waals surface area contributed by atoms with Crippen molar-refractivity contribution >= 4 is 39.3 Å². The standard InChI is InChI=1S/C14H12BrClN2O2/c1-9-6-10(15)7-17-14(9)18-13(19)8-20-12-4-2-11(16)3-5-12/h2-7H,8H2,1H3,(H,17,18,19). The maximum atomic E-state index is 11.8. The third-order valence-corrected chi connectivity index (χ3v) is 3.17. The Bertz CT molecular complexity index is 617. The van der Waals surface area contributed by atoms with Gasteiger partial charge < -0.3 is 10.1 Å². The highest BCUT2D eigenvalue weighted by molar-refractivity contribution is 9.10. The number of aromatic nitrogens is 1. The van der Waals surface area contributed by atoms with E-state index in [-0.39, 0.29) is 12.5 Å². The molecule has 1 N–H and O–H groups in total. The molecule has 2 rings (SSSR count).